The summed E-state index contributed by atoms with van der Waals surface area (Å²) in [5, 5.41) is 0. The quantitative estimate of drug-likeness (QED) is 0.793. The molecular weight excluding hydrogens is 250 g/mol. The smallest absolute Gasteiger partial charge is 0.338 e. The van der Waals surface area contributed by atoms with Crippen LogP contribution >= 0.6 is 0 Å². The highest BCUT2D eigenvalue weighted by Gasteiger charge is 2.38. The van der Waals surface area contributed by atoms with Gasteiger partial charge in [-0.25, -0.2) is 4.79 Å². The van der Waals surface area contributed by atoms with E-state index >= 15 is 0 Å². The molecule has 1 aromatic rings. The normalized spacial score (nSPS) is 25.1. The summed E-state index contributed by atoms with van der Waals surface area (Å²) in [6.07, 6.45) is 4.61. The summed E-state index contributed by atoms with van der Waals surface area (Å²) in [4.78, 5) is 14.5. The SMILES string of the molecule is CCCN1CC[C@@H]2Cc3c(cccc3C(=O)OC)C[C@H]21. The molecule has 3 heteroatoms. The monoisotopic (exact) mass is 273 g/mol. The zero-order chi connectivity index (χ0) is 14.1. The molecule has 0 bridgehead atoms. The van der Waals surface area contributed by atoms with E-state index in [9.17, 15) is 4.79 Å². The van der Waals surface area contributed by atoms with Gasteiger partial charge in [-0.15, -0.1) is 0 Å². The van der Waals surface area contributed by atoms with E-state index in [2.05, 4.69) is 17.9 Å². The van der Waals surface area contributed by atoms with E-state index < -0.39 is 0 Å². The number of hydrogen-bond donors (Lipinski definition) is 0. The molecule has 1 aromatic carbocycles. The molecular formula is C17H23NO2. The van der Waals surface area contributed by atoms with Crippen LogP contribution in [0, 0.1) is 5.92 Å². The van der Waals surface area contributed by atoms with Crippen molar-refractivity contribution in [1.82, 2.24) is 4.90 Å². The van der Waals surface area contributed by atoms with Gasteiger partial charge < -0.3 is 4.74 Å². The first-order chi connectivity index (χ1) is 9.74. The third-order valence-corrected chi connectivity index (χ3v) is 4.88. The fourth-order valence-corrected chi connectivity index (χ4v) is 3.94. The lowest BCUT2D eigenvalue weighted by Crippen LogP contribution is -2.38. The summed E-state index contributed by atoms with van der Waals surface area (Å²) in [5.74, 6) is 0.517. The van der Waals surface area contributed by atoms with Gasteiger partial charge in [0, 0.05) is 6.04 Å². The lowest BCUT2D eigenvalue weighted by atomic mass is 9.78. The first kappa shape index (κ1) is 13.6. The van der Waals surface area contributed by atoms with Crippen LogP contribution in [0.15, 0.2) is 18.2 Å². The van der Waals surface area contributed by atoms with E-state index in [1.54, 1.807) is 0 Å². The maximum absolute atomic E-state index is 11.9. The van der Waals surface area contributed by atoms with Crippen molar-refractivity contribution in [2.24, 2.45) is 5.92 Å². The zero-order valence-corrected chi connectivity index (χ0v) is 12.4. The minimum absolute atomic E-state index is 0.191. The Morgan fingerprint density at radius 2 is 2.25 bits per heavy atom. The number of benzene rings is 1. The first-order valence-electron chi connectivity index (χ1n) is 7.67. The Morgan fingerprint density at radius 1 is 1.40 bits per heavy atom. The lowest BCUT2D eigenvalue weighted by Gasteiger charge is -2.33. The van der Waals surface area contributed by atoms with Gasteiger partial charge in [0.05, 0.1) is 12.7 Å². The van der Waals surface area contributed by atoms with Gasteiger partial charge in [-0.1, -0.05) is 19.1 Å². The van der Waals surface area contributed by atoms with Gasteiger partial charge in [0.25, 0.3) is 0 Å². The second-order valence-electron chi connectivity index (χ2n) is 6.00. The van der Waals surface area contributed by atoms with Crippen LogP contribution in [-0.2, 0) is 17.6 Å². The zero-order valence-electron chi connectivity index (χ0n) is 12.4. The summed E-state index contributed by atoms with van der Waals surface area (Å²) in [5.41, 5.74) is 3.36. The second kappa shape index (κ2) is 5.57. The maximum atomic E-state index is 11.9. The van der Waals surface area contributed by atoms with Crippen molar-refractivity contribution >= 4 is 5.97 Å². The number of rotatable bonds is 3. The Kier molecular flexibility index (Phi) is 3.79. The highest BCUT2D eigenvalue weighted by molar-refractivity contribution is 5.91. The van der Waals surface area contributed by atoms with Crippen molar-refractivity contribution in [3.05, 3.63) is 34.9 Å². The highest BCUT2D eigenvalue weighted by Crippen LogP contribution is 2.37. The van der Waals surface area contributed by atoms with Crippen molar-refractivity contribution in [2.45, 2.75) is 38.6 Å². The largest absolute Gasteiger partial charge is 0.465 e. The average Bonchev–Trinajstić information content (AvgIpc) is 2.86. The molecule has 2 aliphatic rings. The summed E-state index contributed by atoms with van der Waals surface area (Å²) in [6, 6.07) is 6.75. The molecule has 1 fully saturated rings. The summed E-state index contributed by atoms with van der Waals surface area (Å²) in [7, 11) is 1.46. The number of fused-ring (bicyclic) bond motifs is 2. The van der Waals surface area contributed by atoms with Crippen LogP contribution in [0.2, 0.25) is 0 Å². The second-order valence-corrected chi connectivity index (χ2v) is 6.00. The minimum atomic E-state index is -0.191. The summed E-state index contributed by atoms with van der Waals surface area (Å²) < 4.78 is 4.92. The number of carbonyl (C=O) groups is 1. The fraction of sp³-hybridized carbons (Fsp3) is 0.588. The maximum Gasteiger partial charge on any atom is 0.338 e. The molecule has 0 aromatic heterocycles. The van der Waals surface area contributed by atoms with Gasteiger partial charge in [-0.2, -0.15) is 0 Å². The van der Waals surface area contributed by atoms with Crippen molar-refractivity contribution in [1.29, 1.82) is 0 Å². The Balaban J connectivity index is 1.90. The third-order valence-electron chi connectivity index (χ3n) is 4.88. The number of likely N-dealkylation sites (tertiary alicyclic amines) is 1. The molecule has 1 heterocycles. The molecule has 3 rings (SSSR count). The first-order valence-corrected chi connectivity index (χ1v) is 7.67. The van der Waals surface area contributed by atoms with E-state index in [4.69, 9.17) is 4.74 Å². The van der Waals surface area contributed by atoms with E-state index in [1.165, 1.54) is 44.2 Å². The van der Waals surface area contributed by atoms with Crippen LogP contribution < -0.4 is 0 Å². The van der Waals surface area contributed by atoms with Gasteiger partial charge >= 0.3 is 5.97 Å². The number of ether oxygens (including phenoxy) is 1. The number of hydrogen-bond acceptors (Lipinski definition) is 3. The summed E-state index contributed by atoms with van der Waals surface area (Å²) in [6.45, 7) is 4.66. The van der Waals surface area contributed by atoms with E-state index in [0.29, 0.717) is 12.0 Å². The van der Waals surface area contributed by atoms with Gasteiger partial charge in [-0.05, 0) is 61.9 Å². The van der Waals surface area contributed by atoms with Gasteiger partial charge in [0.1, 0.15) is 0 Å². The third kappa shape index (κ3) is 2.24. The minimum Gasteiger partial charge on any atom is -0.465 e. The molecule has 0 saturated carbocycles. The lowest BCUT2D eigenvalue weighted by molar-refractivity contribution is 0.0598. The molecule has 1 aliphatic carbocycles. The number of nitrogens with zero attached hydrogens (tertiary/aromatic N) is 1. The molecule has 20 heavy (non-hydrogen) atoms. The molecule has 0 radical (unpaired) electrons. The molecule has 3 nitrogen and oxygen atoms in total. The van der Waals surface area contributed by atoms with E-state index in [1.807, 2.05) is 12.1 Å². The van der Waals surface area contributed by atoms with Crippen LogP contribution in [-0.4, -0.2) is 37.1 Å². The van der Waals surface area contributed by atoms with Crippen LogP contribution in [0.5, 0.6) is 0 Å². The molecule has 1 aliphatic heterocycles. The topological polar surface area (TPSA) is 29.5 Å². The average molecular weight is 273 g/mol. The van der Waals surface area contributed by atoms with Crippen LogP contribution in [0.25, 0.3) is 0 Å². The molecule has 2 atom stereocenters. The van der Waals surface area contributed by atoms with Gasteiger partial charge in [0.2, 0.25) is 0 Å². The van der Waals surface area contributed by atoms with Gasteiger partial charge in [0.15, 0.2) is 0 Å². The van der Waals surface area contributed by atoms with Crippen molar-refractivity contribution < 1.29 is 9.53 Å². The molecule has 0 amide bonds. The Labute approximate surface area is 120 Å². The van der Waals surface area contributed by atoms with Gasteiger partial charge in [-0.3, -0.25) is 4.90 Å². The van der Waals surface area contributed by atoms with E-state index in [-0.39, 0.29) is 5.97 Å². The predicted octanol–water partition coefficient (Wildman–Crippen LogP) is 2.67. The summed E-state index contributed by atoms with van der Waals surface area (Å²) >= 11 is 0. The molecule has 108 valence electrons. The number of esters is 1. The number of methoxy groups -OCH3 is 1. The van der Waals surface area contributed by atoms with Crippen LogP contribution in [0.1, 0.15) is 41.3 Å². The fourth-order valence-electron chi connectivity index (χ4n) is 3.94. The van der Waals surface area contributed by atoms with Crippen LogP contribution in [0.4, 0.5) is 0 Å². The molecule has 0 unspecified atom stereocenters. The Hall–Kier alpha value is -1.35. The Bertz CT molecular complexity index is 512. The molecule has 0 N–H and O–H groups in total. The standard InChI is InChI=1S/C17H23NO2/c1-3-8-18-9-7-13-10-15-12(11-16(13)18)5-4-6-14(15)17(19)20-2/h4-6,13,16H,3,7-11H2,1-2H3/t13-,16-/m1/s1. The van der Waals surface area contributed by atoms with E-state index in [0.717, 1.165) is 18.4 Å². The van der Waals surface area contributed by atoms with Crippen molar-refractivity contribution in [2.75, 3.05) is 20.2 Å². The highest BCUT2D eigenvalue weighted by atomic mass is 16.5. The molecule has 1 saturated heterocycles. The predicted molar refractivity (Wildman–Crippen MR) is 78.9 cm³/mol. The van der Waals surface area contributed by atoms with Crippen molar-refractivity contribution in [3.8, 4) is 0 Å². The van der Waals surface area contributed by atoms with Crippen molar-refractivity contribution in [3.63, 3.8) is 0 Å². The molecule has 0 spiro atoms. The number of carbonyl (C=O) groups excluding carboxylic acids is 1. The van der Waals surface area contributed by atoms with Crippen LogP contribution in [0.3, 0.4) is 0 Å². The Morgan fingerprint density at radius 3 is 3.00 bits per heavy atom.